The predicted octanol–water partition coefficient (Wildman–Crippen LogP) is 2.39. The van der Waals surface area contributed by atoms with Gasteiger partial charge >= 0.3 is 0 Å². The second-order valence-electron chi connectivity index (χ2n) is 7.22. The summed E-state index contributed by atoms with van der Waals surface area (Å²) in [5.74, 6) is -0.169. The van der Waals surface area contributed by atoms with Crippen LogP contribution in [-0.4, -0.2) is 50.9 Å². The van der Waals surface area contributed by atoms with Crippen LogP contribution in [0.4, 0.5) is 0 Å². The van der Waals surface area contributed by atoms with Gasteiger partial charge in [0.05, 0.1) is 5.02 Å². The van der Waals surface area contributed by atoms with Crippen LogP contribution in [0, 0.1) is 0 Å². The van der Waals surface area contributed by atoms with Crippen molar-refractivity contribution < 1.29 is 13.2 Å². The zero-order valence-corrected chi connectivity index (χ0v) is 17.0. The summed E-state index contributed by atoms with van der Waals surface area (Å²) < 4.78 is 26.9. The lowest BCUT2D eigenvalue weighted by atomic mass is 9.98. The summed E-state index contributed by atoms with van der Waals surface area (Å²) in [5, 5.41) is 3.08. The van der Waals surface area contributed by atoms with Gasteiger partial charge in [0, 0.05) is 25.0 Å². The molecule has 0 radical (unpaired) electrons. The number of benzene rings is 1. The number of hydrogen-bond donors (Lipinski definition) is 2. The van der Waals surface area contributed by atoms with Crippen molar-refractivity contribution in [2.45, 2.75) is 50.0 Å². The molecule has 2 N–H and O–H groups in total. The Morgan fingerprint density at radius 3 is 2.50 bits per heavy atom. The van der Waals surface area contributed by atoms with E-state index in [1.165, 1.54) is 31.4 Å². The molecule has 1 aliphatic heterocycles. The minimum absolute atomic E-state index is 0.0216. The number of carbonyl (C=O) groups is 1. The Labute approximate surface area is 161 Å². The van der Waals surface area contributed by atoms with Gasteiger partial charge in [-0.05, 0) is 51.9 Å². The molecule has 0 unspecified atom stereocenters. The maximum Gasteiger partial charge on any atom is 0.242 e. The first-order chi connectivity index (χ1) is 12.2. The minimum Gasteiger partial charge on any atom is -0.354 e. The van der Waals surface area contributed by atoms with Gasteiger partial charge in [0.2, 0.25) is 15.9 Å². The number of amides is 1. The number of likely N-dealkylation sites (tertiary alicyclic amines) is 1. The van der Waals surface area contributed by atoms with E-state index in [-0.39, 0.29) is 34.3 Å². The van der Waals surface area contributed by atoms with E-state index in [1.807, 2.05) is 0 Å². The van der Waals surface area contributed by atoms with Crippen LogP contribution in [0.1, 0.15) is 39.5 Å². The molecular weight excluding hydrogens is 374 g/mol. The lowest BCUT2D eigenvalue weighted by molar-refractivity contribution is -0.121. The Morgan fingerprint density at radius 2 is 1.85 bits per heavy atom. The number of hydrogen-bond acceptors (Lipinski definition) is 4. The van der Waals surface area contributed by atoms with Crippen molar-refractivity contribution in [3.05, 3.63) is 29.3 Å². The Hall–Kier alpha value is -1.15. The van der Waals surface area contributed by atoms with E-state index in [0.717, 1.165) is 13.1 Å². The van der Waals surface area contributed by atoms with Crippen molar-refractivity contribution in [3.63, 3.8) is 0 Å². The van der Waals surface area contributed by atoms with Crippen LogP contribution in [0.25, 0.3) is 0 Å². The van der Waals surface area contributed by atoms with Crippen molar-refractivity contribution >= 4 is 27.5 Å². The van der Waals surface area contributed by atoms with Gasteiger partial charge in [0.1, 0.15) is 4.90 Å². The molecular formula is C18H28ClN3O3S. The van der Waals surface area contributed by atoms with Gasteiger partial charge in [-0.25, -0.2) is 13.1 Å². The number of nitrogens with one attached hydrogen (secondary N) is 2. The highest BCUT2D eigenvalue weighted by Gasteiger charge is 2.28. The number of carbonyl (C=O) groups excluding carboxylic acids is 1. The fourth-order valence-electron chi connectivity index (χ4n) is 3.05. The van der Waals surface area contributed by atoms with E-state index in [0.29, 0.717) is 6.54 Å². The van der Waals surface area contributed by atoms with Gasteiger partial charge in [0.15, 0.2) is 0 Å². The fourth-order valence-corrected chi connectivity index (χ4v) is 4.60. The van der Waals surface area contributed by atoms with Crippen molar-refractivity contribution in [2.75, 3.05) is 26.2 Å². The van der Waals surface area contributed by atoms with Crippen LogP contribution >= 0.6 is 11.6 Å². The van der Waals surface area contributed by atoms with E-state index in [4.69, 9.17) is 11.6 Å². The van der Waals surface area contributed by atoms with Gasteiger partial charge in [-0.2, -0.15) is 0 Å². The summed E-state index contributed by atoms with van der Waals surface area (Å²) in [6.07, 6.45) is 3.74. The smallest absolute Gasteiger partial charge is 0.242 e. The Bertz CT molecular complexity index is 716. The molecule has 1 aliphatic rings. The largest absolute Gasteiger partial charge is 0.354 e. The molecule has 1 fully saturated rings. The predicted molar refractivity (Wildman–Crippen MR) is 104 cm³/mol. The van der Waals surface area contributed by atoms with Gasteiger partial charge in [-0.15, -0.1) is 0 Å². The molecule has 1 amide bonds. The number of rotatable bonds is 8. The molecule has 0 aromatic heterocycles. The molecule has 1 aromatic carbocycles. The molecule has 0 atom stereocenters. The molecule has 2 rings (SSSR count). The summed E-state index contributed by atoms with van der Waals surface area (Å²) in [6, 6.07) is 6.23. The lowest BCUT2D eigenvalue weighted by Crippen LogP contribution is -2.53. The monoisotopic (exact) mass is 401 g/mol. The van der Waals surface area contributed by atoms with Crippen LogP contribution in [0.3, 0.4) is 0 Å². The molecule has 0 spiro atoms. The average Bonchev–Trinajstić information content (AvgIpc) is 2.61. The number of nitrogens with zero attached hydrogens (tertiary/aromatic N) is 1. The van der Waals surface area contributed by atoms with Gasteiger partial charge in [-0.3, -0.25) is 9.69 Å². The molecule has 1 aromatic rings. The highest BCUT2D eigenvalue weighted by molar-refractivity contribution is 7.89. The quantitative estimate of drug-likeness (QED) is 0.701. The number of halogens is 1. The van der Waals surface area contributed by atoms with E-state index in [1.54, 1.807) is 12.1 Å². The van der Waals surface area contributed by atoms with Crippen molar-refractivity contribution in [1.29, 1.82) is 0 Å². The van der Waals surface area contributed by atoms with Gasteiger partial charge in [0.25, 0.3) is 0 Å². The highest BCUT2D eigenvalue weighted by Crippen LogP contribution is 2.21. The van der Waals surface area contributed by atoms with Gasteiger partial charge in [-0.1, -0.05) is 30.2 Å². The van der Waals surface area contributed by atoms with Crippen LogP contribution in [-0.2, 0) is 14.8 Å². The molecule has 8 heteroatoms. The zero-order valence-electron chi connectivity index (χ0n) is 15.4. The normalized spacial score (nSPS) is 16.4. The summed E-state index contributed by atoms with van der Waals surface area (Å²) in [5.41, 5.74) is -0.104. The zero-order chi connectivity index (χ0) is 19.2. The Balaban J connectivity index is 1.77. The molecule has 1 saturated heterocycles. The van der Waals surface area contributed by atoms with Crippen molar-refractivity contribution in [1.82, 2.24) is 14.9 Å². The Kier molecular flexibility index (Phi) is 7.46. The standard InChI is InChI=1S/C18H28ClN3O3S/c1-18(2,22-12-6-3-7-13-22)14-20-17(23)10-11-21-26(24,25)16-9-5-4-8-15(16)19/h4-5,8-9,21H,3,6-7,10-14H2,1-2H3,(H,20,23). The summed E-state index contributed by atoms with van der Waals surface area (Å²) in [7, 11) is -3.72. The van der Waals surface area contributed by atoms with Crippen LogP contribution in [0.2, 0.25) is 5.02 Å². The van der Waals surface area contributed by atoms with E-state index < -0.39 is 10.0 Å². The first kappa shape index (κ1) is 21.2. The molecule has 0 saturated carbocycles. The SMILES string of the molecule is CC(C)(CNC(=O)CCNS(=O)(=O)c1ccccc1Cl)N1CCCCC1. The summed E-state index contributed by atoms with van der Waals surface area (Å²) >= 11 is 5.92. The third-order valence-corrected chi connectivity index (χ3v) is 6.66. The Morgan fingerprint density at radius 1 is 1.19 bits per heavy atom. The first-order valence-corrected chi connectivity index (χ1v) is 10.8. The minimum atomic E-state index is -3.72. The summed E-state index contributed by atoms with van der Waals surface area (Å²) in [4.78, 5) is 14.5. The van der Waals surface area contributed by atoms with Crippen LogP contribution in [0.15, 0.2) is 29.2 Å². The second kappa shape index (κ2) is 9.17. The molecule has 26 heavy (non-hydrogen) atoms. The van der Waals surface area contributed by atoms with Crippen LogP contribution < -0.4 is 10.0 Å². The average molecular weight is 402 g/mol. The van der Waals surface area contributed by atoms with Crippen molar-refractivity contribution in [3.8, 4) is 0 Å². The third kappa shape index (κ3) is 5.94. The van der Waals surface area contributed by atoms with Crippen LogP contribution in [0.5, 0.6) is 0 Å². The first-order valence-electron chi connectivity index (χ1n) is 8.98. The maximum absolute atomic E-state index is 12.2. The lowest BCUT2D eigenvalue weighted by Gasteiger charge is -2.41. The topological polar surface area (TPSA) is 78.5 Å². The molecule has 0 aliphatic carbocycles. The number of piperidine rings is 1. The van der Waals surface area contributed by atoms with Gasteiger partial charge < -0.3 is 5.32 Å². The second-order valence-corrected chi connectivity index (χ2v) is 9.36. The molecule has 6 nitrogen and oxygen atoms in total. The highest BCUT2D eigenvalue weighted by atomic mass is 35.5. The molecule has 0 bridgehead atoms. The molecule has 146 valence electrons. The maximum atomic E-state index is 12.2. The third-order valence-electron chi connectivity index (χ3n) is 4.70. The molecule has 1 heterocycles. The number of sulfonamides is 1. The van der Waals surface area contributed by atoms with E-state index in [2.05, 4.69) is 28.8 Å². The van der Waals surface area contributed by atoms with E-state index in [9.17, 15) is 13.2 Å². The fraction of sp³-hybridized carbons (Fsp3) is 0.611. The summed E-state index contributed by atoms with van der Waals surface area (Å²) in [6.45, 7) is 6.94. The van der Waals surface area contributed by atoms with Crippen molar-refractivity contribution in [2.24, 2.45) is 0 Å². The van der Waals surface area contributed by atoms with E-state index >= 15 is 0 Å².